The van der Waals surface area contributed by atoms with Crippen LogP contribution in [0.3, 0.4) is 0 Å². The van der Waals surface area contributed by atoms with Gasteiger partial charge in [0, 0.05) is 36.0 Å². The summed E-state index contributed by atoms with van der Waals surface area (Å²) in [6.07, 6.45) is -3.34. The van der Waals surface area contributed by atoms with Gasteiger partial charge in [0.25, 0.3) is 0 Å². The second-order valence-electron chi connectivity index (χ2n) is 6.76. The van der Waals surface area contributed by atoms with Crippen LogP contribution in [-0.4, -0.2) is 33.9 Å². The highest BCUT2D eigenvalue weighted by molar-refractivity contribution is 5.89. The number of amides is 1. The van der Waals surface area contributed by atoms with E-state index in [1.165, 1.54) is 17.0 Å². The minimum Gasteiger partial charge on any atom is -0.338 e. The third-order valence-corrected chi connectivity index (χ3v) is 4.89. The fraction of sp³-hybridized carbons (Fsp3) is 0.190. The number of benzene rings is 2. The first-order chi connectivity index (χ1) is 13.9. The molecule has 8 heteroatoms. The normalized spacial score (nSPS) is 15.1. The van der Waals surface area contributed by atoms with Crippen molar-refractivity contribution in [2.45, 2.75) is 12.1 Å². The highest BCUT2D eigenvalue weighted by atomic mass is 19.4. The standard InChI is InChI=1S/C21H15F4N3O/c22-10-9-18(29)28-11-14(12-28)19-16-3-1-2-4-17(16)26-20(27-19)13-5-7-15(8-6-13)21(23,24)25/h1-10,14H,11-12H2. The van der Waals surface area contributed by atoms with Gasteiger partial charge in [-0.2, -0.15) is 13.2 Å². The summed E-state index contributed by atoms with van der Waals surface area (Å²) >= 11 is 0. The van der Waals surface area contributed by atoms with Crippen molar-refractivity contribution in [3.8, 4) is 11.4 Å². The molecule has 4 nitrogen and oxygen atoms in total. The van der Waals surface area contributed by atoms with Gasteiger partial charge >= 0.3 is 6.18 Å². The molecule has 29 heavy (non-hydrogen) atoms. The predicted octanol–water partition coefficient (Wildman–Crippen LogP) is 4.72. The average molecular weight is 401 g/mol. The molecule has 0 unspecified atom stereocenters. The van der Waals surface area contributed by atoms with E-state index in [0.717, 1.165) is 29.3 Å². The van der Waals surface area contributed by atoms with Gasteiger partial charge in [0.1, 0.15) is 0 Å². The number of carbonyl (C=O) groups excluding carboxylic acids is 1. The number of nitrogens with zero attached hydrogens (tertiary/aromatic N) is 3. The number of fused-ring (bicyclic) bond motifs is 1. The van der Waals surface area contributed by atoms with Gasteiger partial charge in [0.2, 0.25) is 5.91 Å². The van der Waals surface area contributed by atoms with Gasteiger partial charge in [-0.3, -0.25) is 4.79 Å². The molecular weight excluding hydrogens is 386 g/mol. The largest absolute Gasteiger partial charge is 0.416 e. The van der Waals surface area contributed by atoms with E-state index < -0.39 is 17.6 Å². The Bertz CT molecular complexity index is 1090. The molecule has 0 spiro atoms. The van der Waals surface area contributed by atoms with E-state index in [-0.39, 0.29) is 12.2 Å². The highest BCUT2D eigenvalue weighted by Crippen LogP contribution is 2.34. The minimum atomic E-state index is -4.41. The van der Waals surface area contributed by atoms with Gasteiger partial charge in [-0.05, 0) is 18.2 Å². The fourth-order valence-corrected chi connectivity index (χ4v) is 3.34. The zero-order valence-electron chi connectivity index (χ0n) is 15.0. The number of rotatable bonds is 3. The zero-order valence-corrected chi connectivity index (χ0v) is 15.0. The summed E-state index contributed by atoms with van der Waals surface area (Å²) in [5.41, 5.74) is 1.12. The SMILES string of the molecule is O=C(C=CF)N1CC(c2nc(-c3ccc(C(F)(F)F)cc3)nc3ccccc23)C1. The minimum absolute atomic E-state index is 0.0620. The van der Waals surface area contributed by atoms with Crippen LogP contribution in [0.5, 0.6) is 0 Å². The molecule has 4 rings (SSSR count). The molecule has 0 radical (unpaired) electrons. The van der Waals surface area contributed by atoms with Crippen LogP contribution < -0.4 is 0 Å². The number of aromatic nitrogens is 2. The number of hydrogen-bond donors (Lipinski definition) is 0. The van der Waals surface area contributed by atoms with E-state index >= 15 is 0 Å². The van der Waals surface area contributed by atoms with Crippen LogP contribution >= 0.6 is 0 Å². The maximum atomic E-state index is 12.8. The van der Waals surface area contributed by atoms with Crippen LogP contribution in [0.2, 0.25) is 0 Å². The number of para-hydroxylation sites is 1. The molecule has 0 bridgehead atoms. The molecule has 2 aromatic carbocycles. The third kappa shape index (κ3) is 3.70. The first-order valence-electron chi connectivity index (χ1n) is 8.87. The van der Waals surface area contributed by atoms with Crippen molar-refractivity contribution in [2.24, 2.45) is 0 Å². The maximum Gasteiger partial charge on any atom is 0.416 e. The van der Waals surface area contributed by atoms with Crippen LogP contribution in [0.1, 0.15) is 17.2 Å². The first-order valence-corrected chi connectivity index (χ1v) is 8.87. The molecule has 1 aliphatic rings. The van der Waals surface area contributed by atoms with Crippen molar-refractivity contribution in [3.05, 3.63) is 72.2 Å². The zero-order chi connectivity index (χ0) is 20.6. The number of likely N-dealkylation sites (tertiary alicyclic amines) is 1. The number of alkyl halides is 3. The van der Waals surface area contributed by atoms with Crippen LogP contribution in [0, 0.1) is 0 Å². The fourth-order valence-electron chi connectivity index (χ4n) is 3.34. The second-order valence-corrected chi connectivity index (χ2v) is 6.76. The van der Waals surface area contributed by atoms with Crippen molar-refractivity contribution in [1.82, 2.24) is 14.9 Å². The summed E-state index contributed by atoms with van der Waals surface area (Å²) < 4.78 is 50.7. The molecule has 1 amide bonds. The Labute approximate surface area is 163 Å². The predicted molar refractivity (Wildman–Crippen MR) is 99.5 cm³/mol. The van der Waals surface area contributed by atoms with Gasteiger partial charge in [-0.1, -0.05) is 30.3 Å². The quantitative estimate of drug-likeness (QED) is 0.471. The summed E-state index contributed by atoms with van der Waals surface area (Å²) in [6, 6.07) is 12.0. The van der Waals surface area contributed by atoms with E-state index in [9.17, 15) is 22.4 Å². The summed E-state index contributed by atoms with van der Waals surface area (Å²) in [5, 5.41) is 0.821. The molecule has 148 valence electrons. The molecule has 0 aliphatic carbocycles. The highest BCUT2D eigenvalue weighted by Gasteiger charge is 2.33. The summed E-state index contributed by atoms with van der Waals surface area (Å²) in [4.78, 5) is 22.3. The van der Waals surface area contributed by atoms with E-state index in [1.54, 1.807) is 0 Å². The smallest absolute Gasteiger partial charge is 0.338 e. The number of carbonyl (C=O) groups is 1. The molecule has 0 atom stereocenters. The van der Waals surface area contributed by atoms with Gasteiger partial charge in [-0.25, -0.2) is 14.4 Å². The Morgan fingerprint density at radius 3 is 2.38 bits per heavy atom. The molecule has 1 saturated heterocycles. The Morgan fingerprint density at radius 1 is 1.03 bits per heavy atom. The molecule has 1 fully saturated rings. The van der Waals surface area contributed by atoms with Crippen molar-refractivity contribution in [2.75, 3.05) is 13.1 Å². The molecule has 2 heterocycles. The van der Waals surface area contributed by atoms with Gasteiger partial charge in [-0.15, -0.1) is 0 Å². The van der Waals surface area contributed by atoms with Gasteiger partial charge < -0.3 is 4.90 Å². The van der Waals surface area contributed by atoms with E-state index in [1.807, 2.05) is 24.3 Å². The summed E-state index contributed by atoms with van der Waals surface area (Å²) in [5.74, 6) is -0.154. The lowest BCUT2D eigenvalue weighted by molar-refractivity contribution is -0.137. The third-order valence-electron chi connectivity index (χ3n) is 4.89. The summed E-state index contributed by atoms with van der Waals surface area (Å²) in [7, 11) is 0. The summed E-state index contributed by atoms with van der Waals surface area (Å²) in [6.45, 7) is 0.771. The van der Waals surface area contributed by atoms with E-state index in [2.05, 4.69) is 9.97 Å². The molecule has 0 N–H and O–H groups in total. The lowest BCUT2D eigenvalue weighted by atomic mass is 9.92. The second kappa shape index (κ2) is 7.27. The van der Waals surface area contributed by atoms with Crippen molar-refractivity contribution in [3.63, 3.8) is 0 Å². The van der Waals surface area contributed by atoms with Crippen LogP contribution in [0.15, 0.2) is 60.9 Å². The topological polar surface area (TPSA) is 46.1 Å². The van der Waals surface area contributed by atoms with E-state index in [0.29, 0.717) is 30.0 Å². The Morgan fingerprint density at radius 2 is 1.72 bits per heavy atom. The van der Waals surface area contributed by atoms with Gasteiger partial charge in [0.15, 0.2) is 5.82 Å². The monoisotopic (exact) mass is 401 g/mol. The molecule has 0 saturated carbocycles. The number of hydrogen-bond acceptors (Lipinski definition) is 3. The molecule has 1 aliphatic heterocycles. The lowest BCUT2D eigenvalue weighted by Crippen LogP contribution is -2.48. The van der Waals surface area contributed by atoms with Crippen LogP contribution in [0.25, 0.3) is 22.3 Å². The average Bonchev–Trinajstić information content (AvgIpc) is 2.66. The molecule has 3 aromatic rings. The first kappa shape index (κ1) is 19.0. The van der Waals surface area contributed by atoms with Crippen molar-refractivity contribution >= 4 is 16.8 Å². The Kier molecular flexibility index (Phi) is 4.77. The maximum absolute atomic E-state index is 12.8. The van der Waals surface area contributed by atoms with Crippen LogP contribution in [0.4, 0.5) is 17.6 Å². The van der Waals surface area contributed by atoms with Gasteiger partial charge in [0.05, 0.1) is 23.1 Å². The lowest BCUT2D eigenvalue weighted by Gasteiger charge is -2.38. The van der Waals surface area contributed by atoms with E-state index in [4.69, 9.17) is 0 Å². The molecule has 1 aromatic heterocycles. The Balaban J connectivity index is 1.70. The Hall–Kier alpha value is -3.29. The van der Waals surface area contributed by atoms with Crippen molar-refractivity contribution < 1.29 is 22.4 Å². The van der Waals surface area contributed by atoms with Crippen molar-refractivity contribution in [1.29, 1.82) is 0 Å². The van der Waals surface area contributed by atoms with Crippen LogP contribution in [-0.2, 0) is 11.0 Å². The number of halogens is 4. The molecular formula is C21H15F4N3O.